The number of rotatable bonds is 20. The molecule has 22 N–H and O–H groups in total. The Hall–Kier alpha value is -6.36. The fraction of sp³-hybridized carbons (Fsp3) is 0.673. The van der Waals surface area contributed by atoms with E-state index in [-0.39, 0.29) is 76.7 Å². The summed E-state index contributed by atoms with van der Waals surface area (Å²) in [4.78, 5) is 139. The predicted octanol–water partition coefficient (Wildman–Crippen LogP) is -6.56. The molecule has 0 bridgehead atoms. The van der Waals surface area contributed by atoms with E-state index in [1.54, 1.807) is 44.2 Å². The summed E-state index contributed by atoms with van der Waals surface area (Å²) in [7, 11) is 0. The molecule has 2 aliphatic rings. The van der Waals surface area contributed by atoms with Crippen LogP contribution in [0.25, 0.3) is 0 Å². The van der Waals surface area contributed by atoms with Crippen LogP contribution in [0.4, 0.5) is 0 Å². The first-order valence-corrected chi connectivity index (χ1v) is 26.0. The Morgan fingerprint density at radius 1 is 0.618 bits per heavy atom. The van der Waals surface area contributed by atoms with Crippen LogP contribution in [0.5, 0.6) is 0 Å². The molecule has 1 aromatic carbocycles. The summed E-state index contributed by atoms with van der Waals surface area (Å²) < 4.78 is 0. The molecule has 1 aliphatic heterocycles. The number of hydrogen-bond donors (Lipinski definition) is 17. The Morgan fingerprint density at radius 3 is 1.63 bits per heavy atom. The number of carbonyl (C=O) groups is 10. The highest BCUT2D eigenvalue weighted by Gasteiger charge is 2.38. The van der Waals surface area contributed by atoms with Crippen LogP contribution in [0.3, 0.4) is 0 Å². The molecule has 1 saturated carbocycles. The number of amides is 10. The highest BCUT2D eigenvalue weighted by molar-refractivity contribution is 5.99. The molecular formula is C49H83N15O12. The van der Waals surface area contributed by atoms with Crippen molar-refractivity contribution in [3.8, 4) is 0 Å². The zero-order valence-electron chi connectivity index (χ0n) is 43.9. The molecule has 0 spiro atoms. The van der Waals surface area contributed by atoms with Crippen LogP contribution in [-0.4, -0.2) is 175 Å². The molecule has 2 fully saturated rings. The maximum atomic E-state index is 14.4. The van der Waals surface area contributed by atoms with Crippen LogP contribution >= 0.6 is 0 Å². The summed E-state index contributed by atoms with van der Waals surface area (Å²) in [6.07, 6.45) is -2.69. The molecule has 3 rings (SSSR count). The van der Waals surface area contributed by atoms with Crippen molar-refractivity contribution >= 4 is 59.1 Å². The minimum absolute atomic E-state index is 0.0596. The van der Waals surface area contributed by atoms with E-state index in [4.69, 9.17) is 28.7 Å². The highest BCUT2D eigenvalue weighted by atomic mass is 16.3. The van der Waals surface area contributed by atoms with Gasteiger partial charge in [-0.1, -0.05) is 44.2 Å². The van der Waals surface area contributed by atoms with Crippen molar-refractivity contribution in [1.82, 2.24) is 53.2 Å². The number of benzene rings is 1. The lowest BCUT2D eigenvalue weighted by Gasteiger charge is -2.28. The van der Waals surface area contributed by atoms with Crippen molar-refractivity contribution in [1.29, 1.82) is 0 Å². The van der Waals surface area contributed by atoms with Crippen molar-refractivity contribution < 1.29 is 58.2 Å². The lowest BCUT2D eigenvalue weighted by atomic mass is 10.00. The molecule has 2 unspecified atom stereocenters. The first kappa shape index (κ1) is 63.9. The number of aliphatic hydroxyl groups excluding tert-OH is 2. The Balaban J connectivity index is 2.10. The van der Waals surface area contributed by atoms with Crippen LogP contribution in [0.15, 0.2) is 30.3 Å². The van der Waals surface area contributed by atoms with Crippen molar-refractivity contribution in [3.63, 3.8) is 0 Å². The van der Waals surface area contributed by atoms with E-state index in [0.29, 0.717) is 24.8 Å². The fourth-order valence-electron chi connectivity index (χ4n) is 8.71. The van der Waals surface area contributed by atoms with Crippen molar-refractivity contribution in [2.24, 2.45) is 40.5 Å². The largest absolute Gasteiger partial charge is 0.391 e. The number of nitrogens with one attached hydrogen (secondary N) is 10. The Labute approximate surface area is 443 Å². The SMILES string of the molecule is CC(C)C[C@@H]1NC(=O)[C@@H](Cc2ccccc2)NC(=O)[C@H](CCN)NC(=O)[C@@H](NC(=O)[C@H](CCN)NC(=O)[C@@H](NC(=O)[C@H]2CC[C@@H](N)C2)C(C)O)CCNC(=O)[C@H](C(C)O)NC(=O)[C@H](CCN)NC(=O)[C@H](CCN)NC1=O. The van der Waals surface area contributed by atoms with Gasteiger partial charge < -0.3 is 92.0 Å². The van der Waals surface area contributed by atoms with E-state index in [2.05, 4.69) is 53.2 Å². The van der Waals surface area contributed by atoms with Crippen LogP contribution in [0, 0.1) is 11.8 Å². The van der Waals surface area contributed by atoms with Gasteiger partial charge in [-0.05, 0) is 109 Å². The van der Waals surface area contributed by atoms with E-state index < -0.39 is 145 Å². The molecule has 0 radical (unpaired) electrons. The maximum Gasteiger partial charge on any atom is 0.245 e. The standard InChI is InChI=1S/C49H83N15O12/c1-25(2)22-36-46(73)58-31(12-17-50)41(68)57-34(15-20-53)45(72)64-38(26(3)65)48(75)55-21-16-35(44(71)56-32(13-18-51)43(70)62-37(47(74)61-36)23-28-8-6-5-7-9-28)59-42(69)33(14-19-52)60-49(76)39(27(4)66)63-40(67)29-10-11-30(54)24-29/h5-9,25-27,29-39,65-66H,10-24,50-54H2,1-4H3,(H,55,75)(H,56,71)(H,57,68)(H,58,73)(H,59,69)(H,60,76)(H,61,74)(H,62,70)(H,63,67)(H,64,72)/t26?,27?,29-,30+,31-,32-,33-,34-,35-,36-,37+,38-,39-/m0/s1. The van der Waals surface area contributed by atoms with Gasteiger partial charge in [0.2, 0.25) is 59.1 Å². The van der Waals surface area contributed by atoms with E-state index >= 15 is 0 Å². The van der Waals surface area contributed by atoms with Crippen LogP contribution in [0.2, 0.25) is 0 Å². The molecule has 1 aliphatic carbocycles. The third kappa shape index (κ3) is 20.6. The highest BCUT2D eigenvalue weighted by Crippen LogP contribution is 2.24. The van der Waals surface area contributed by atoms with Gasteiger partial charge in [-0.2, -0.15) is 0 Å². The van der Waals surface area contributed by atoms with Crippen LogP contribution in [-0.2, 0) is 54.4 Å². The summed E-state index contributed by atoms with van der Waals surface area (Å²) in [5, 5.41) is 46.9. The van der Waals surface area contributed by atoms with Gasteiger partial charge >= 0.3 is 0 Å². The van der Waals surface area contributed by atoms with Crippen LogP contribution in [0.1, 0.15) is 91.0 Å². The van der Waals surface area contributed by atoms with Gasteiger partial charge in [-0.25, -0.2) is 0 Å². The molecule has 27 heteroatoms. The summed E-state index contributed by atoms with van der Waals surface area (Å²) in [5.41, 5.74) is 30.0. The molecule has 76 heavy (non-hydrogen) atoms. The average molecular weight is 1070 g/mol. The van der Waals surface area contributed by atoms with Crippen LogP contribution < -0.4 is 81.8 Å². The monoisotopic (exact) mass is 1070 g/mol. The zero-order valence-corrected chi connectivity index (χ0v) is 43.9. The van der Waals surface area contributed by atoms with Gasteiger partial charge in [0.1, 0.15) is 54.4 Å². The maximum absolute atomic E-state index is 14.4. The second kappa shape index (κ2) is 32.3. The average Bonchev–Trinajstić information content (AvgIpc) is 3.81. The van der Waals surface area contributed by atoms with Gasteiger partial charge in [-0.15, -0.1) is 0 Å². The van der Waals surface area contributed by atoms with E-state index in [0.717, 1.165) is 0 Å². The molecule has 27 nitrogen and oxygen atoms in total. The molecule has 426 valence electrons. The second-order valence-electron chi connectivity index (χ2n) is 19.9. The first-order valence-electron chi connectivity index (χ1n) is 26.0. The van der Waals surface area contributed by atoms with E-state index in [1.807, 2.05) is 0 Å². The first-order chi connectivity index (χ1) is 36.0. The zero-order chi connectivity index (χ0) is 56.6. The van der Waals surface area contributed by atoms with Gasteiger partial charge in [0, 0.05) is 24.9 Å². The fourth-order valence-corrected chi connectivity index (χ4v) is 8.71. The third-order valence-corrected chi connectivity index (χ3v) is 12.9. The normalized spacial score (nSPS) is 26.4. The molecule has 0 aromatic heterocycles. The molecule has 1 aromatic rings. The smallest absolute Gasteiger partial charge is 0.245 e. The summed E-state index contributed by atoms with van der Waals surface area (Å²) in [6, 6.07) is -4.75. The third-order valence-electron chi connectivity index (χ3n) is 12.9. The van der Waals surface area contributed by atoms with Crippen molar-refractivity contribution in [3.05, 3.63) is 35.9 Å². The summed E-state index contributed by atoms with van der Waals surface area (Å²) in [5.74, 6) is -9.39. The quantitative estimate of drug-likeness (QED) is 0.0577. The molecule has 10 amide bonds. The summed E-state index contributed by atoms with van der Waals surface area (Å²) >= 11 is 0. The van der Waals surface area contributed by atoms with Gasteiger partial charge in [0.15, 0.2) is 0 Å². The molecule has 1 saturated heterocycles. The number of nitrogens with two attached hydrogens (primary N) is 5. The Morgan fingerprint density at radius 2 is 1.13 bits per heavy atom. The van der Waals surface area contributed by atoms with Crippen molar-refractivity contribution in [2.75, 3.05) is 32.7 Å². The number of hydrogen-bond acceptors (Lipinski definition) is 17. The number of aliphatic hydroxyl groups is 2. The van der Waals surface area contributed by atoms with Gasteiger partial charge in [0.05, 0.1) is 12.2 Å². The molecule has 1 heterocycles. The van der Waals surface area contributed by atoms with Gasteiger partial charge in [0.25, 0.3) is 0 Å². The van der Waals surface area contributed by atoms with Crippen molar-refractivity contribution in [2.45, 2.75) is 165 Å². The minimum atomic E-state index is -1.66. The van der Waals surface area contributed by atoms with Gasteiger partial charge in [-0.3, -0.25) is 47.9 Å². The lowest BCUT2D eigenvalue weighted by Crippen LogP contribution is -2.61. The molecule has 13 atom stereocenters. The van der Waals surface area contributed by atoms with E-state index in [9.17, 15) is 58.2 Å². The minimum Gasteiger partial charge on any atom is -0.391 e. The second-order valence-corrected chi connectivity index (χ2v) is 19.9. The predicted molar refractivity (Wildman–Crippen MR) is 278 cm³/mol. The Bertz CT molecular complexity index is 2120. The molecular weight excluding hydrogens is 991 g/mol. The number of carbonyl (C=O) groups excluding carboxylic acids is 10. The Kier molecular flexibility index (Phi) is 27.1. The summed E-state index contributed by atoms with van der Waals surface area (Å²) in [6.45, 7) is 5.05. The topological polar surface area (TPSA) is 462 Å². The van der Waals surface area contributed by atoms with E-state index in [1.165, 1.54) is 13.8 Å². The lowest BCUT2D eigenvalue weighted by molar-refractivity contribution is -0.137.